The van der Waals surface area contributed by atoms with E-state index in [0.29, 0.717) is 48.5 Å². The number of rotatable bonds is 3. The number of carbonyl (C=O) groups is 2. The van der Waals surface area contributed by atoms with Crippen LogP contribution < -0.4 is 5.32 Å². The number of para-hydroxylation sites is 1. The monoisotopic (exact) mass is 429 g/mol. The van der Waals surface area contributed by atoms with Crippen molar-refractivity contribution in [3.8, 4) is 0 Å². The highest BCUT2D eigenvalue weighted by Gasteiger charge is 2.28. The molecule has 7 heteroatoms. The third-order valence-electron chi connectivity index (χ3n) is 5.66. The number of aromatic nitrogens is 1. The molecule has 1 saturated heterocycles. The van der Waals surface area contributed by atoms with E-state index in [4.69, 9.17) is 9.15 Å². The summed E-state index contributed by atoms with van der Waals surface area (Å²) < 4.78 is 11.3. The van der Waals surface area contributed by atoms with Gasteiger partial charge >= 0.3 is 0 Å². The molecule has 0 radical (unpaired) electrons. The van der Waals surface area contributed by atoms with Gasteiger partial charge in [-0.15, -0.1) is 0 Å². The van der Waals surface area contributed by atoms with Gasteiger partial charge in [-0.05, 0) is 44.2 Å². The molecule has 5 rings (SSSR count). The van der Waals surface area contributed by atoms with E-state index in [1.54, 1.807) is 17.0 Å². The normalized spacial score (nSPS) is 14.1. The second kappa shape index (κ2) is 8.09. The average molecular weight is 429 g/mol. The number of nitrogens with one attached hydrogen (secondary N) is 1. The Morgan fingerprint density at radius 2 is 1.78 bits per heavy atom. The van der Waals surface area contributed by atoms with Crippen LogP contribution in [0.3, 0.4) is 0 Å². The largest absolute Gasteiger partial charge is 0.449 e. The summed E-state index contributed by atoms with van der Waals surface area (Å²) in [7, 11) is 0. The lowest BCUT2D eigenvalue weighted by molar-refractivity contribution is 0.0285. The minimum Gasteiger partial charge on any atom is -0.449 e. The van der Waals surface area contributed by atoms with Crippen LogP contribution in [0.15, 0.2) is 52.9 Å². The van der Waals surface area contributed by atoms with Gasteiger partial charge in [-0.1, -0.05) is 23.8 Å². The summed E-state index contributed by atoms with van der Waals surface area (Å²) >= 11 is 0. The molecule has 7 nitrogen and oxygen atoms in total. The quantitative estimate of drug-likeness (QED) is 0.524. The van der Waals surface area contributed by atoms with Crippen molar-refractivity contribution in [1.29, 1.82) is 0 Å². The van der Waals surface area contributed by atoms with Crippen molar-refractivity contribution in [1.82, 2.24) is 9.88 Å². The Bertz CT molecular complexity index is 1350. The molecule has 32 heavy (non-hydrogen) atoms. The Labute approximate surface area is 185 Å². The number of benzene rings is 2. The van der Waals surface area contributed by atoms with Crippen LogP contribution in [0.1, 0.15) is 32.2 Å². The number of ether oxygens (including phenoxy) is 1. The molecule has 162 valence electrons. The van der Waals surface area contributed by atoms with E-state index < -0.39 is 0 Å². The van der Waals surface area contributed by atoms with Gasteiger partial charge in [-0.2, -0.15) is 0 Å². The van der Waals surface area contributed by atoms with Gasteiger partial charge in [0.15, 0.2) is 0 Å². The first kappa shape index (κ1) is 20.2. The van der Waals surface area contributed by atoms with Crippen molar-refractivity contribution in [3.63, 3.8) is 0 Å². The summed E-state index contributed by atoms with van der Waals surface area (Å²) in [5, 5.41) is 4.42. The molecule has 1 N–H and O–H groups in total. The molecule has 2 aromatic carbocycles. The smallest absolute Gasteiger partial charge is 0.291 e. The molecule has 0 spiro atoms. The van der Waals surface area contributed by atoms with Crippen molar-refractivity contribution in [2.75, 3.05) is 31.6 Å². The van der Waals surface area contributed by atoms with Crippen molar-refractivity contribution in [3.05, 3.63) is 71.1 Å². The van der Waals surface area contributed by atoms with Crippen LogP contribution in [0, 0.1) is 13.8 Å². The van der Waals surface area contributed by atoms with Crippen LogP contribution in [0.4, 0.5) is 5.69 Å². The number of furan rings is 1. The van der Waals surface area contributed by atoms with Crippen molar-refractivity contribution < 1.29 is 18.7 Å². The molecule has 1 aliphatic rings. The lowest BCUT2D eigenvalue weighted by Crippen LogP contribution is -2.40. The number of nitrogens with zero attached hydrogens (tertiary/aromatic N) is 2. The van der Waals surface area contributed by atoms with Gasteiger partial charge in [0.2, 0.25) is 5.76 Å². The molecule has 1 aliphatic heterocycles. The number of pyridine rings is 1. The molecular formula is C25H23N3O4. The standard InChI is InChI=1S/C25H23N3O4/c1-15-7-8-20-18(13-15)19(14-16(2)26-20)24(29)27-22-17-5-3-4-6-21(17)32-23(22)25(30)28-9-11-31-12-10-28/h3-8,13-14H,9-12H2,1-2H3,(H,27,29). The zero-order valence-corrected chi connectivity index (χ0v) is 18.0. The second-order valence-corrected chi connectivity index (χ2v) is 7.99. The van der Waals surface area contributed by atoms with E-state index in [9.17, 15) is 9.59 Å². The highest BCUT2D eigenvalue weighted by molar-refractivity contribution is 6.17. The third kappa shape index (κ3) is 3.61. The zero-order valence-electron chi connectivity index (χ0n) is 18.0. The molecule has 3 heterocycles. The van der Waals surface area contributed by atoms with Crippen molar-refractivity contribution in [2.24, 2.45) is 0 Å². The molecule has 0 aliphatic carbocycles. The average Bonchev–Trinajstić information content (AvgIpc) is 3.17. The fourth-order valence-corrected chi connectivity index (χ4v) is 4.07. The van der Waals surface area contributed by atoms with E-state index in [0.717, 1.165) is 22.2 Å². The Kier molecular flexibility index (Phi) is 5.11. The summed E-state index contributed by atoms with van der Waals surface area (Å²) in [6.45, 7) is 5.76. The van der Waals surface area contributed by atoms with Crippen LogP contribution in [0.25, 0.3) is 21.9 Å². The van der Waals surface area contributed by atoms with Crippen LogP contribution in [-0.2, 0) is 4.74 Å². The molecule has 2 aromatic heterocycles. The number of hydrogen-bond donors (Lipinski definition) is 1. The number of amides is 2. The Morgan fingerprint density at radius 3 is 2.59 bits per heavy atom. The van der Waals surface area contributed by atoms with Crippen LogP contribution >= 0.6 is 0 Å². The summed E-state index contributed by atoms with van der Waals surface area (Å²) in [5.74, 6) is -0.437. The zero-order chi connectivity index (χ0) is 22.2. The number of aryl methyl sites for hydroxylation is 2. The Morgan fingerprint density at radius 1 is 1.00 bits per heavy atom. The van der Waals surface area contributed by atoms with Crippen molar-refractivity contribution in [2.45, 2.75) is 13.8 Å². The molecular weight excluding hydrogens is 406 g/mol. The summed E-state index contributed by atoms with van der Waals surface area (Å²) in [6, 6.07) is 14.9. The van der Waals surface area contributed by atoms with Gasteiger partial charge < -0.3 is 19.4 Å². The molecule has 0 unspecified atom stereocenters. The lowest BCUT2D eigenvalue weighted by atomic mass is 10.0. The maximum Gasteiger partial charge on any atom is 0.291 e. The first-order valence-corrected chi connectivity index (χ1v) is 10.6. The predicted molar refractivity (Wildman–Crippen MR) is 122 cm³/mol. The maximum atomic E-state index is 13.5. The molecule has 1 fully saturated rings. The van der Waals surface area contributed by atoms with Gasteiger partial charge in [0.25, 0.3) is 11.8 Å². The van der Waals surface area contributed by atoms with Crippen molar-refractivity contribution >= 4 is 39.4 Å². The fraction of sp³-hybridized carbons (Fsp3) is 0.240. The van der Waals surface area contributed by atoms with Gasteiger partial charge in [0.05, 0.1) is 24.3 Å². The van der Waals surface area contributed by atoms with Crippen LogP contribution in [0.5, 0.6) is 0 Å². The molecule has 4 aromatic rings. The number of carbonyl (C=O) groups excluding carboxylic acids is 2. The minimum atomic E-state index is -0.311. The van der Waals surface area contributed by atoms with E-state index in [-0.39, 0.29) is 17.6 Å². The third-order valence-corrected chi connectivity index (χ3v) is 5.66. The Hall–Kier alpha value is -3.71. The topological polar surface area (TPSA) is 84.7 Å². The number of hydrogen-bond acceptors (Lipinski definition) is 5. The van der Waals surface area contributed by atoms with Gasteiger partial charge in [-0.3, -0.25) is 14.6 Å². The van der Waals surface area contributed by atoms with Gasteiger partial charge in [0.1, 0.15) is 11.3 Å². The van der Waals surface area contributed by atoms with Gasteiger partial charge in [0, 0.05) is 29.6 Å². The highest BCUT2D eigenvalue weighted by atomic mass is 16.5. The first-order valence-electron chi connectivity index (χ1n) is 10.6. The van der Waals surface area contributed by atoms with Crippen LogP contribution in [0.2, 0.25) is 0 Å². The minimum absolute atomic E-state index is 0.132. The summed E-state index contributed by atoms with van der Waals surface area (Å²) in [6.07, 6.45) is 0. The number of fused-ring (bicyclic) bond motifs is 2. The predicted octanol–water partition coefficient (Wildman–Crippen LogP) is 4.32. The Balaban J connectivity index is 1.58. The van der Waals surface area contributed by atoms with E-state index in [2.05, 4.69) is 10.3 Å². The molecule has 0 atom stereocenters. The van der Waals surface area contributed by atoms with Crippen LogP contribution in [-0.4, -0.2) is 48.0 Å². The maximum absolute atomic E-state index is 13.5. The van der Waals surface area contributed by atoms with E-state index in [1.807, 2.05) is 50.2 Å². The molecule has 2 amide bonds. The molecule has 0 bridgehead atoms. The fourth-order valence-electron chi connectivity index (χ4n) is 4.07. The first-order chi connectivity index (χ1) is 15.5. The van der Waals surface area contributed by atoms with E-state index in [1.165, 1.54) is 0 Å². The lowest BCUT2D eigenvalue weighted by Gasteiger charge is -2.26. The van der Waals surface area contributed by atoms with E-state index >= 15 is 0 Å². The van der Waals surface area contributed by atoms with Gasteiger partial charge in [-0.25, -0.2) is 0 Å². The summed E-state index contributed by atoms with van der Waals surface area (Å²) in [5.41, 5.74) is 3.97. The number of morpholine rings is 1. The summed E-state index contributed by atoms with van der Waals surface area (Å²) in [4.78, 5) is 32.9. The highest BCUT2D eigenvalue weighted by Crippen LogP contribution is 2.33. The number of anilines is 1. The molecule has 0 saturated carbocycles. The SMILES string of the molecule is Cc1ccc2nc(C)cc(C(=O)Nc3c(C(=O)N4CCOCC4)oc4ccccc34)c2c1. The second-order valence-electron chi connectivity index (χ2n) is 7.99.